The first-order valence-electron chi connectivity index (χ1n) is 5.82. The van der Waals surface area contributed by atoms with E-state index >= 15 is 0 Å². The first kappa shape index (κ1) is 15.3. The molecular formula is C14H13BrClFN2O. The van der Waals surface area contributed by atoms with E-state index in [1.165, 1.54) is 7.11 Å². The van der Waals surface area contributed by atoms with Crippen LogP contribution in [-0.2, 0) is 0 Å². The molecule has 2 rings (SSSR count). The average Bonchev–Trinajstić information content (AvgIpc) is 2.45. The lowest BCUT2D eigenvalue weighted by molar-refractivity contribution is 0.403. The minimum absolute atomic E-state index is 0.368. The molecule has 6 heteroatoms. The van der Waals surface area contributed by atoms with E-state index in [-0.39, 0.29) is 5.82 Å². The first-order valence-corrected chi connectivity index (χ1v) is 6.99. The van der Waals surface area contributed by atoms with Crippen molar-refractivity contribution in [3.63, 3.8) is 0 Å². The summed E-state index contributed by atoms with van der Waals surface area (Å²) in [7, 11) is 1.53. The molecule has 0 aliphatic carbocycles. The van der Waals surface area contributed by atoms with Crippen LogP contribution >= 0.6 is 27.5 Å². The summed E-state index contributed by atoms with van der Waals surface area (Å²) < 4.78 is 19.9. The first-order chi connectivity index (χ1) is 9.58. The predicted molar refractivity (Wildman–Crippen MR) is 81.3 cm³/mol. The van der Waals surface area contributed by atoms with Crippen molar-refractivity contribution in [1.82, 2.24) is 5.43 Å². The number of hydrogen-bond donors (Lipinski definition) is 2. The molecule has 3 nitrogen and oxygen atoms in total. The van der Waals surface area contributed by atoms with Crippen LogP contribution in [0.4, 0.5) is 4.39 Å². The highest BCUT2D eigenvalue weighted by atomic mass is 79.9. The smallest absolute Gasteiger partial charge is 0.142 e. The molecule has 0 amide bonds. The van der Waals surface area contributed by atoms with Crippen molar-refractivity contribution in [3.05, 3.63) is 62.8 Å². The normalized spacial score (nSPS) is 12.2. The number of hydrogen-bond acceptors (Lipinski definition) is 3. The summed E-state index contributed by atoms with van der Waals surface area (Å²) >= 11 is 9.10. The Kier molecular flexibility index (Phi) is 4.99. The second kappa shape index (κ2) is 6.54. The maximum Gasteiger partial charge on any atom is 0.142 e. The number of ether oxygens (including phenoxy) is 1. The van der Waals surface area contributed by atoms with Crippen LogP contribution in [0.15, 0.2) is 40.9 Å². The number of nitrogens with two attached hydrogens (primary N) is 1. The number of rotatable bonds is 4. The zero-order valence-corrected chi connectivity index (χ0v) is 13.0. The average molecular weight is 360 g/mol. The van der Waals surface area contributed by atoms with Gasteiger partial charge in [-0.2, -0.15) is 0 Å². The fourth-order valence-corrected chi connectivity index (χ4v) is 2.56. The van der Waals surface area contributed by atoms with Crippen LogP contribution in [0, 0.1) is 5.82 Å². The van der Waals surface area contributed by atoms with Crippen LogP contribution in [0.5, 0.6) is 5.75 Å². The van der Waals surface area contributed by atoms with Crippen molar-refractivity contribution < 1.29 is 9.13 Å². The van der Waals surface area contributed by atoms with Gasteiger partial charge in [0.2, 0.25) is 0 Å². The summed E-state index contributed by atoms with van der Waals surface area (Å²) in [6.07, 6.45) is 0. The molecule has 2 aromatic carbocycles. The van der Waals surface area contributed by atoms with Crippen LogP contribution in [0.1, 0.15) is 17.2 Å². The minimum atomic E-state index is -0.542. The van der Waals surface area contributed by atoms with E-state index in [9.17, 15) is 4.39 Å². The third-order valence-electron chi connectivity index (χ3n) is 2.97. The van der Waals surface area contributed by atoms with Gasteiger partial charge in [0.05, 0.1) is 17.6 Å². The van der Waals surface area contributed by atoms with Crippen LogP contribution in [0.25, 0.3) is 0 Å². The highest BCUT2D eigenvalue weighted by Gasteiger charge is 2.21. The van der Waals surface area contributed by atoms with Crippen molar-refractivity contribution in [1.29, 1.82) is 0 Å². The molecule has 0 saturated carbocycles. The van der Waals surface area contributed by atoms with Gasteiger partial charge in [-0.3, -0.25) is 5.84 Å². The van der Waals surface area contributed by atoms with Gasteiger partial charge in [-0.1, -0.05) is 29.8 Å². The quantitative estimate of drug-likeness (QED) is 0.645. The molecule has 1 unspecified atom stereocenters. The van der Waals surface area contributed by atoms with E-state index in [0.29, 0.717) is 26.4 Å². The fourth-order valence-electron chi connectivity index (χ4n) is 2.01. The molecule has 0 aromatic heterocycles. The highest BCUT2D eigenvalue weighted by Crippen LogP contribution is 2.34. The molecule has 1 atom stereocenters. The minimum Gasteiger partial charge on any atom is -0.496 e. The van der Waals surface area contributed by atoms with Crippen LogP contribution in [0.3, 0.4) is 0 Å². The highest BCUT2D eigenvalue weighted by molar-refractivity contribution is 9.10. The Balaban J connectivity index is 2.55. The van der Waals surface area contributed by atoms with Gasteiger partial charge in [0, 0.05) is 16.1 Å². The molecule has 106 valence electrons. The van der Waals surface area contributed by atoms with Crippen LogP contribution in [-0.4, -0.2) is 7.11 Å². The third-order valence-corrected chi connectivity index (χ3v) is 3.81. The molecule has 0 bridgehead atoms. The van der Waals surface area contributed by atoms with Gasteiger partial charge >= 0.3 is 0 Å². The fraction of sp³-hybridized carbons (Fsp3) is 0.143. The number of hydrazine groups is 1. The van der Waals surface area contributed by atoms with Crippen LogP contribution < -0.4 is 16.0 Å². The van der Waals surface area contributed by atoms with E-state index in [0.717, 1.165) is 0 Å². The van der Waals surface area contributed by atoms with Gasteiger partial charge in [-0.25, -0.2) is 9.82 Å². The third kappa shape index (κ3) is 2.96. The zero-order chi connectivity index (χ0) is 14.7. The summed E-state index contributed by atoms with van der Waals surface area (Å²) in [5.74, 6) is 5.77. The topological polar surface area (TPSA) is 47.3 Å². The molecule has 0 aliphatic heterocycles. The standard InChI is InChI=1S/C14H13BrClFN2O/c1-20-12-7-8(16)5-6-9(12)14(19-18)10-3-2-4-11(15)13(10)17/h2-7,14,19H,18H2,1H3. The van der Waals surface area contributed by atoms with Crippen molar-refractivity contribution in [2.24, 2.45) is 5.84 Å². The Morgan fingerprint density at radius 1 is 1.30 bits per heavy atom. The molecule has 2 aromatic rings. The van der Waals surface area contributed by atoms with E-state index in [1.54, 1.807) is 36.4 Å². The Bertz CT molecular complexity index is 624. The van der Waals surface area contributed by atoms with Crippen molar-refractivity contribution >= 4 is 27.5 Å². The van der Waals surface area contributed by atoms with Gasteiger partial charge in [-0.15, -0.1) is 0 Å². The Morgan fingerprint density at radius 2 is 2.05 bits per heavy atom. The van der Waals surface area contributed by atoms with Gasteiger partial charge in [0.15, 0.2) is 0 Å². The van der Waals surface area contributed by atoms with Gasteiger partial charge in [0.25, 0.3) is 0 Å². The van der Waals surface area contributed by atoms with Crippen molar-refractivity contribution in [3.8, 4) is 5.75 Å². The Labute approximate surface area is 130 Å². The number of halogens is 3. The van der Waals surface area contributed by atoms with Gasteiger partial charge < -0.3 is 4.74 Å². The molecule has 20 heavy (non-hydrogen) atoms. The van der Waals surface area contributed by atoms with E-state index in [4.69, 9.17) is 22.2 Å². The molecule has 0 aliphatic rings. The zero-order valence-electron chi connectivity index (χ0n) is 10.7. The lowest BCUT2D eigenvalue weighted by atomic mass is 9.98. The predicted octanol–water partition coefficient (Wildman–Crippen LogP) is 3.80. The molecule has 3 N–H and O–H groups in total. The molecule has 0 radical (unpaired) electrons. The summed E-state index contributed by atoms with van der Waals surface area (Å²) in [5.41, 5.74) is 3.74. The summed E-state index contributed by atoms with van der Waals surface area (Å²) in [6, 6.07) is 9.63. The van der Waals surface area contributed by atoms with Crippen LogP contribution in [0.2, 0.25) is 5.02 Å². The number of methoxy groups -OCH3 is 1. The van der Waals surface area contributed by atoms with E-state index < -0.39 is 6.04 Å². The van der Waals surface area contributed by atoms with Crippen molar-refractivity contribution in [2.75, 3.05) is 7.11 Å². The van der Waals surface area contributed by atoms with Crippen molar-refractivity contribution in [2.45, 2.75) is 6.04 Å². The van der Waals surface area contributed by atoms with E-state index in [2.05, 4.69) is 21.4 Å². The van der Waals surface area contributed by atoms with Gasteiger partial charge in [-0.05, 0) is 34.1 Å². The molecular weight excluding hydrogens is 347 g/mol. The molecule has 0 fully saturated rings. The number of nitrogens with one attached hydrogen (secondary N) is 1. The second-order valence-electron chi connectivity index (χ2n) is 4.13. The SMILES string of the molecule is COc1cc(Cl)ccc1C(NN)c1cccc(Br)c1F. The van der Waals surface area contributed by atoms with E-state index in [1.807, 2.05) is 0 Å². The summed E-state index contributed by atoms with van der Waals surface area (Å²) in [4.78, 5) is 0. The monoisotopic (exact) mass is 358 g/mol. The summed E-state index contributed by atoms with van der Waals surface area (Å²) in [5, 5.41) is 0.538. The molecule has 0 heterocycles. The molecule has 0 spiro atoms. The van der Waals surface area contributed by atoms with Gasteiger partial charge in [0.1, 0.15) is 11.6 Å². The lowest BCUT2D eigenvalue weighted by Gasteiger charge is -2.20. The number of benzene rings is 2. The Hall–Kier alpha value is -1.14. The Morgan fingerprint density at radius 3 is 2.70 bits per heavy atom. The second-order valence-corrected chi connectivity index (χ2v) is 5.42. The maximum atomic E-state index is 14.2. The molecule has 0 saturated heterocycles. The summed E-state index contributed by atoms with van der Waals surface area (Å²) in [6.45, 7) is 0. The lowest BCUT2D eigenvalue weighted by Crippen LogP contribution is -2.30. The maximum absolute atomic E-state index is 14.2. The largest absolute Gasteiger partial charge is 0.496 e.